The number of hydrogen-bond acceptors (Lipinski definition) is 2. The van der Waals surface area contributed by atoms with Gasteiger partial charge in [0.15, 0.2) is 0 Å². The van der Waals surface area contributed by atoms with Gasteiger partial charge in [0, 0.05) is 6.54 Å². The molecule has 0 saturated carbocycles. The number of nitriles is 1. The van der Waals surface area contributed by atoms with E-state index < -0.39 is 0 Å². The zero-order chi connectivity index (χ0) is 19.1. The number of nitrogens with one attached hydrogen (secondary N) is 1. The molecule has 3 heteroatoms. The predicted octanol–water partition coefficient (Wildman–Crippen LogP) is 7.06. The number of rotatable bonds is 20. The molecule has 0 atom stereocenters. The maximum absolute atomic E-state index is 11.1. The van der Waals surface area contributed by atoms with Crippen molar-refractivity contribution >= 4 is 5.91 Å². The molecule has 0 aromatic carbocycles. The monoisotopic (exact) mass is 364 g/mol. The van der Waals surface area contributed by atoms with Gasteiger partial charge in [-0.1, -0.05) is 116 Å². The van der Waals surface area contributed by atoms with Crippen LogP contribution < -0.4 is 5.32 Å². The van der Waals surface area contributed by atoms with Crippen LogP contribution in [-0.2, 0) is 4.79 Å². The second kappa shape index (κ2) is 22.0. The smallest absolute Gasteiger partial charge is 0.234 e. The Kier molecular flexibility index (Phi) is 21.1. The first-order valence-electron chi connectivity index (χ1n) is 11.4. The van der Waals surface area contributed by atoms with Crippen molar-refractivity contribution in [1.29, 1.82) is 5.26 Å². The summed E-state index contributed by atoms with van der Waals surface area (Å²) in [7, 11) is 0. The molecular weight excluding hydrogens is 320 g/mol. The van der Waals surface area contributed by atoms with Crippen molar-refractivity contribution in [1.82, 2.24) is 5.32 Å². The second-order valence-corrected chi connectivity index (χ2v) is 7.70. The minimum Gasteiger partial charge on any atom is -0.355 e. The van der Waals surface area contributed by atoms with Gasteiger partial charge in [-0.2, -0.15) is 5.26 Å². The molecule has 3 nitrogen and oxygen atoms in total. The lowest BCUT2D eigenvalue weighted by Crippen LogP contribution is -2.23. The average molecular weight is 365 g/mol. The van der Waals surface area contributed by atoms with Gasteiger partial charge in [-0.05, 0) is 6.42 Å². The Bertz CT molecular complexity index is 336. The summed E-state index contributed by atoms with van der Waals surface area (Å²) in [4.78, 5) is 11.1. The summed E-state index contributed by atoms with van der Waals surface area (Å²) in [5, 5.41) is 11.2. The molecule has 0 bridgehead atoms. The third-order valence-electron chi connectivity index (χ3n) is 5.09. The predicted molar refractivity (Wildman–Crippen MR) is 112 cm³/mol. The highest BCUT2D eigenvalue weighted by molar-refractivity contribution is 5.77. The summed E-state index contributed by atoms with van der Waals surface area (Å²) < 4.78 is 0. The van der Waals surface area contributed by atoms with Crippen LogP contribution >= 0.6 is 0 Å². The van der Waals surface area contributed by atoms with Gasteiger partial charge in [0.25, 0.3) is 0 Å². The van der Waals surface area contributed by atoms with Crippen LogP contribution in [-0.4, -0.2) is 12.5 Å². The van der Waals surface area contributed by atoms with Gasteiger partial charge in [0.1, 0.15) is 6.42 Å². The molecular formula is C23H44N2O. The van der Waals surface area contributed by atoms with Gasteiger partial charge in [-0.3, -0.25) is 4.79 Å². The zero-order valence-electron chi connectivity index (χ0n) is 17.5. The SMILES string of the molecule is CCCCCCCCCCCCCCCCCCCCNC(=O)CC#N. The fourth-order valence-electron chi connectivity index (χ4n) is 3.39. The molecule has 0 aliphatic heterocycles. The minimum atomic E-state index is -0.139. The Labute approximate surface area is 163 Å². The van der Waals surface area contributed by atoms with Crippen molar-refractivity contribution in [3.8, 4) is 6.07 Å². The van der Waals surface area contributed by atoms with E-state index >= 15 is 0 Å². The number of hydrogen-bond donors (Lipinski definition) is 1. The minimum absolute atomic E-state index is 0.0148. The topological polar surface area (TPSA) is 52.9 Å². The molecule has 1 N–H and O–H groups in total. The number of nitrogens with zero attached hydrogens (tertiary/aromatic N) is 1. The van der Waals surface area contributed by atoms with Crippen LogP contribution in [0.25, 0.3) is 0 Å². The Morgan fingerprint density at radius 1 is 0.654 bits per heavy atom. The van der Waals surface area contributed by atoms with Crippen molar-refractivity contribution in [3.05, 3.63) is 0 Å². The molecule has 0 radical (unpaired) electrons. The standard InChI is InChI=1S/C23H44N2O/c1-2-3-4-5-6-7-8-9-10-11-12-13-14-15-16-17-18-19-22-25-23(26)20-21-24/h2-20,22H2,1H3,(H,25,26). The fourth-order valence-corrected chi connectivity index (χ4v) is 3.39. The molecule has 0 aromatic rings. The third kappa shape index (κ3) is 21.0. The van der Waals surface area contributed by atoms with E-state index in [1.807, 2.05) is 6.07 Å². The van der Waals surface area contributed by atoms with Crippen molar-refractivity contribution in [2.24, 2.45) is 0 Å². The highest BCUT2D eigenvalue weighted by atomic mass is 16.1. The first kappa shape index (κ1) is 25.0. The number of amides is 1. The third-order valence-corrected chi connectivity index (χ3v) is 5.09. The van der Waals surface area contributed by atoms with E-state index in [2.05, 4.69) is 12.2 Å². The van der Waals surface area contributed by atoms with Gasteiger partial charge >= 0.3 is 0 Å². The Morgan fingerprint density at radius 3 is 1.35 bits per heavy atom. The molecule has 0 heterocycles. The maximum Gasteiger partial charge on any atom is 0.234 e. The molecule has 0 aliphatic carbocycles. The second-order valence-electron chi connectivity index (χ2n) is 7.70. The van der Waals surface area contributed by atoms with Gasteiger partial charge in [-0.15, -0.1) is 0 Å². The number of carbonyl (C=O) groups is 1. The maximum atomic E-state index is 11.1. The lowest BCUT2D eigenvalue weighted by atomic mass is 10.0. The summed E-state index contributed by atoms with van der Waals surface area (Å²) in [6, 6.07) is 1.87. The van der Waals surface area contributed by atoms with E-state index in [4.69, 9.17) is 5.26 Å². The largest absolute Gasteiger partial charge is 0.355 e. The van der Waals surface area contributed by atoms with E-state index in [1.54, 1.807) is 0 Å². The van der Waals surface area contributed by atoms with Gasteiger partial charge in [0.05, 0.1) is 6.07 Å². The van der Waals surface area contributed by atoms with Gasteiger partial charge in [-0.25, -0.2) is 0 Å². The van der Waals surface area contributed by atoms with Crippen LogP contribution in [0.5, 0.6) is 0 Å². The normalized spacial score (nSPS) is 10.6. The Hall–Kier alpha value is -1.04. The molecule has 0 rings (SSSR count). The van der Waals surface area contributed by atoms with Gasteiger partial charge < -0.3 is 5.32 Å². The molecule has 26 heavy (non-hydrogen) atoms. The summed E-state index contributed by atoms with van der Waals surface area (Å²) >= 11 is 0. The number of carbonyl (C=O) groups excluding carboxylic acids is 1. The van der Waals surface area contributed by atoms with Crippen LogP contribution in [0.2, 0.25) is 0 Å². The lowest BCUT2D eigenvalue weighted by molar-refractivity contribution is -0.120. The van der Waals surface area contributed by atoms with Crippen LogP contribution in [0, 0.1) is 11.3 Å². The van der Waals surface area contributed by atoms with E-state index in [-0.39, 0.29) is 12.3 Å². The van der Waals surface area contributed by atoms with E-state index in [9.17, 15) is 4.79 Å². The van der Waals surface area contributed by atoms with Gasteiger partial charge in [0.2, 0.25) is 5.91 Å². The van der Waals surface area contributed by atoms with E-state index in [0.717, 1.165) is 13.0 Å². The van der Waals surface area contributed by atoms with Crippen LogP contribution in [0.4, 0.5) is 0 Å². The highest BCUT2D eigenvalue weighted by Gasteiger charge is 1.98. The molecule has 1 amide bonds. The average Bonchev–Trinajstić information content (AvgIpc) is 2.64. The Balaban J connectivity index is 3.03. The first-order chi connectivity index (χ1) is 12.8. The quantitative estimate of drug-likeness (QED) is 0.235. The van der Waals surface area contributed by atoms with E-state index in [1.165, 1.54) is 109 Å². The van der Waals surface area contributed by atoms with Crippen molar-refractivity contribution in [2.75, 3.05) is 6.54 Å². The zero-order valence-corrected chi connectivity index (χ0v) is 17.5. The fraction of sp³-hybridized carbons (Fsp3) is 0.913. The van der Waals surface area contributed by atoms with Crippen LogP contribution in [0.15, 0.2) is 0 Å². The Morgan fingerprint density at radius 2 is 1.00 bits per heavy atom. The van der Waals surface area contributed by atoms with Crippen LogP contribution in [0.3, 0.4) is 0 Å². The van der Waals surface area contributed by atoms with Crippen molar-refractivity contribution < 1.29 is 4.79 Å². The first-order valence-corrected chi connectivity index (χ1v) is 11.4. The molecule has 152 valence electrons. The molecule has 0 saturated heterocycles. The number of unbranched alkanes of at least 4 members (excludes halogenated alkanes) is 17. The highest BCUT2D eigenvalue weighted by Crippen LogP contribution is 2.14. The lowest BCUT2D eigenvalue weighted by Gasteiger charge is -2.04. The van der Waals surface area contributed by atoms with E-state index in [0.29, 0.717) is 0 Å². The molecule has 0 aliphatic rings. The van der Waals surface area contributed by atoms with Crippen LogP contribution in [0.1, 0.15) is 129 Å². The summed E-state index contributed by atoms with van der Waals surface area (Å²) in [6.07, 6.45) is 24.7. The summed E-state index contributed by atoms with van der Waals surface area (Å²) in [5.74, 6) is -0.139. The molecule has 0 spiro atoms. The van der Waals surface area contributed by atoms with Crippen molar-refractivity contribution in [2.45, 2.75) is 129 Å². The summed E-state index contributed by atoms with van der Waals surface area (Å²) in [6.45, 7) is 3.00. The molecule has 0 aromatic heterocycles. The molecule has 0 fully saturated rings. The molecule has 0 unspecified atom stereocenters. The van der Waals surface area contributed by atoms with Crippen molar-refractivity contribution in [3.63, 3.8) is 0 Å². The summed E-state index contributed by atoms with van der Waals surface area (Å²) in [5.41, 5.74) is 0.